The summed E-state index contributed by atoms with van der Waals surface area (Å²) < 4.78 is 5.35. The number of hydrogen-bond donors (Lipinski definition) is 1. The fourth-order valence-electron chi connectivity index (χ4n) is 2.37. The van der Waals surface area contributed by atoms with Crippen molar-refractivity contribution in [3.8, 4) is 0 Å². The van der Waals surface area contributed by atoms with E-state index in [1.165, 1.54) is 6.42 Å². The van der Waals surface area contributed by atoms with E-state index in [9.17, 15) is 4.79 Å². The highest BCUT2D eigenvalue weighted by molar-refractivity contribution is 5.75. The molecule has 0 aliphatic carbocycles. The molecule has 0 spiro atoms. The summed E-state index contributed by atoms with van der Waals surface area (Å²) >= 11 is 0. The highest BCUT2D eigenvalue weighted by atomic mass is 16.5. The van der Waals surface area contributed by atoms with Crippen LogP contribution in [-0.4, -0.2) is 61.3 Å². The van der Waals surface area contributed by atoms with E-state index in [4.69, 9.17) is 10.5 Å². The van der Waals surface area contributed by atoms with E-state index in [1.807, 2.05) is 9.80 Å². The SMILES string of the molecule is NCC1COCCN1C(=O)N1CCCCC1. The van der Waals surface area contributed by atoms with Crippen molar-refractivity contribution in [2.45, 2.75) is 25.3 Å². The molecule has 2 rings (SSSR count). The molecule has 92 valence electrons. The monoisotopic (exact) mass is 227 g/mol. The summed E-state index contributed by atoms with van der Waals surface area (Å²) in [6.45, 7) is 4.17. The molecule has 2 saturated heterocycles. The van der Waals surface area contributed by atoms with Gasteiger partial charge in [0.25, 0.3) is 0 Å². The van der Waals surface area contributed by atoms with Crippen LogP contribution in [0.2, 0.25) is 0 Å². The largest absolute Gasteiger partial charge is 0.377 e. The Morgan fingerprint density at radius 1 is 1.25 bits per heavy atom. The number of rotatable bonds is 1. The zero-order valence-electron chi connectivity index (χ0n) is 9.73. The molecule has 0 saturated carbocycles. The van der Waals surface area contributed by atoms with E-state index >= 15 is 0 Å². The van der Waals surface area contributed by atoms with Gasteiger partial charge in [0.15, 0.2) is 0 Å². The van der Waals surface area contributed by atoms with Crippen molar-refractivity contribution in [3.05, 3.63) is 0 Å². The van der Waals surface area contributed by atoms with Crippen molar-refractivity contribution < 1.29 is 9.53 Å². The maximum atomic E-state index is 12.3. The lowest BCUT2D eigenvalue weighted by atomic mass is 10.1. The van der Waals surface area contributed by atoms with Gasteiger partial charge in [-0.1, -0.05) is 0 Å². The number of amides is 2. The lowest BCUT2D eigenvalue weighted by Gasteiger charge is -2.39. The third-order valence-electron chi connectivity index (χ3n) is 3.37. The normalized spacial score (nSPS) is 26.9. The molecular weight excluding hydrogens is 206 g/mol. The van der Waals surface area contributed by atoms with Gasteiger partial charge in [-0.25, -0.2) is 4.79 Å². The Morgan fingerprint density at radius 2 is 2.00 bits per heavy atom. The second-order valence-electron chi connectivity index (χ2n) is 4.49. The van der Waals surface area contributed by atoms with Crippen LogP contribution in [0, 0.1) is 0 Å². The molecule has 2 aliphatic rings. The van der Waals surface area contributed by atoms with Crippen LogP contribution < -0.4 is 5.73 Å². The van der Waals surface area contributed by atoms with Crippen molar-refractivity contribution in [1.82, 2.24) is 9.80 Å². The van der Waals surface area contributed by atoms with E-state index in [1.54, 1.807) is 0 Å². The number of nitrogens with two attached hydrogens (primary N) is 1. The van der Waals surface area contributed by atoms with Gasteiger partial charge in [-0.05, 0) is 19.3 Å². The second kappa shape index (κ2) is 5.50. The van der Waals surface area contributed by atoms with Crippen LogP contribution in [-0.2, 0) is 4.74 Å². The molecular formula is C11H21N3O2. The third-order valence-corrected chi connectivity index (χ3v) is 3.37. The van der Waals surface area contributed by atoms with Crippen LogP contribution in [0.3, 0.4) is 0 Å². The van der Waals surface area contributed by atoms with Crippen molar-refractivity contribution in [3.63, 3.8) is 0 Å². The summed E-state index contributed by atoms with van der Waals surface area (Å²) in [5.74, 6) is 0. The fourth-order valence-corrected chi connectivity index (χ4v) is 2.37. The van der Waals surface area contributed by atoms with E-state index in [0.29, 0.717) is 26.3 Å². The van der Waals surface area contributed by atoms with Crippen LogP contribution in [0.15, 0.2) is 0 Å². The van der Waals surface area contributed by atoms with Crippen LogP contribution >= 0.6 is 0 Å². The molecule has 5 nitrogen and oxygen atoms in total. The maximum Gasteiger partial charge on any atom is 0.320 e. The van der Waals surface area contributed by atoms with Gasteiger partial charge in [0.1, 0.15) is 0 Å². The van der Waals surface area contributed by atoms with E-state index in [0.717, 1.165) is 25.9 Å². The molecule has 2 heterocycles. The van der Waals surface area contributed by atoms with Gasteiger partial charge in [-0.15, -0.1) is 0 Å². The lowest BCUT2D eigenvalue weighted by Crippen LogP contribution is -2.56. The van der Waals surface area contributed by atoms with E-state index in [-0.39, 0.29) is 12.1 Å². The summed E-state index contributed by atoms with van der Waals surface area (Å²) in [6, 6.07) is 0.210. The molecule has 0 radical (unpaired) electrons. The fraction of sp³-hybridized carbons (Fsp3) is 0.909. The van der Waals surface area contributed by atoms with Crippen molar-refractivity contribution >= 4 is 6.03 Å². The van der Waals surface area contributed by atoms with Crippen LogP contribution in [0.4, 0.5) is 4.79 Å². The maximum absolute atomic E-state index is 12.3. The molecule has 1 atom stereocenters. The average Bonchev–Trinajstić information content (AvgIpc) is 2.39. The quantitative estimate of drug-likeness (QED) is 0.698. The first kappa shape index (κ1) is 11.7. The first-order chi connectivity index (χ1) is 7.83. The van der Waals surface area contributed by atoms with Gasteiger partial charge in [-0.2, -0.15) is 0 Å². The van der Waals surface area contributed by atoms with Crippen LogP contribution in [0.1, 0.15) is 19.3 Å². The molecule has 2 fully saturated rings. The number of likely N-dealkylation sites (tertiary alicyclic amines) is 1. The minimum Gasteiger partial charge on any atom is -0.377 e. The lowest BCUT2D eigenvalue weighted by molar-refractivity contribution is 0.00593. The average molecular weight is 227 g/mol. The van der Waals surface area contributed by atoms with Crippen molar-refractivity contribution in [2.24, 2.45) is 5.73 Å². The number of piperidine rings is 1. The summed E-state index contributed by atoms with van der Waals surface area (Å²) in [5, 5.41) is 0. The van der Waals surface area contributed by atoms with Gasteiger partial charge in [-0.3, -0.25) is 0 Å². The summed E-state index contributed by atoms with van der Waals surface area (Å²) in [6.07, 6.45) is 3.50. The Balaban J connectivity index is 1.95. The van der Waals surface area contributed by atoms with Gasteiger partial charge >= 0.3 is 6.03 Å². The molecule has 2 N–H and O–H groups in total. The number of hydrogen-bond acceptors (Lipinski definition) is 3. The molecule has 0 aromatic heterocycles. The number of nitrogens with zero attached hydrogens (tertiary/aromatic N) is 2. The first-order valence-electron chi connectivity index (χ1n) is 6.16. The number of ether oxygens (including phenoxy) is 1. The van der Waals surface area contributed by atoms with Gasteiger partial charge in [0.2, 0.25) is 0 Å². The summed E-state index contributed by atoms with van der Waals surface area (Å²) in [7, 11) is 0. The summed E-state index contributed by atoms with van der Waals surface area (Å²) in [5.41, 5.74) is 5.67. The van der Waals surface area contributed by atoms with Gasteiger partial charge in [0, 0.05) is 26.2 Å². The predicted octanol–water partition coefficient (Wildman–Crippen LogP) is 0.252. The Morgan fingerprint density at radius 3 is 2.69 bits per heavy atom. The Kier molecular flexibility index (Phi) is 4.01. The van der Waals surface area contributed by atoms with E-state index in [2.05, 4.69) is 0 Å². The molecule has 0 aromatic carbocycles. The number of urea groups is 1. The number of carbonyl (C=O) groups excluding carboxylic acids is 1. The third kappa shape index (κ3) is 2.47. The smallest absolute Gasteiger partial charge is 0.320 e. The molecule has 16 heavy (non-hydrogen) atoms. The predicted molar refractivity (Wildman–Crippen MR) is 61.2 cm³/mol. The number of morpholine rings is 1. The molecule has 0 bridgehead atoms. The minimum absolute atomic E-state index is 0.0585. The highest BCUT2D eigenvalue weighted by Crippen LogP contribution is 2.14. The Hall–Kier alpha value is -0.810. The van der Waals surface area contributed by atoms with Crippen LogP contribution in [0.25, 0.3) is 0 Å². The van der Waals surface area contributed by atoms with Gasteiger partial charge < -0.3 is 20.3 Å². The first-order valence-corrected chi connectivity index (χ1v) is 6.16. The Bertz CT molecular complexity index is 241. The van der Waals surface area contributed by atoms with Gasteiger partial charge in [0.05, 0.1) is 19.3 Å². The zero-order chi connectivity index (χ0) is 11.4. The molecule has 1 unspecified atom stereocenters. The number of carbonyl (C=O) groups is 1. The van der Waals surface area contributed by atoms with Crippen molar-refractivity contribution in [2.75, 3.05) is 39.4 Å². The topological polar surface area (TPSA) is 58.8 Å². The minimum atomic E-state index is 0.0585. The second-order valence-corrected chi connectivity index (χ2v) is 4.49. The highest BCUT2D eigenvalue weighted by Gasteiger charge is 2.30. The van der Waals surface area contributed by atoms with E-state index < -0.39 is 0 Å². The molecule has 2 amide bonds. The standard InChI is InChI=1S/C11H21N3O2/c12-8-10-9-16-7-6-14(10)11(15)13-4-2-1-3-5-13/h10H,1-9,12H2. The molecule has 5 heteroatoms. The van der Waals surface area contributed by atoms with Crippen LogP contribution in [0.5, 0.6) is 0 Å². The molecule has 0 aromatic rings. The summed E-state index contributed by atoms with van der Waals surface area (Å²) in [4.78, 5) is 16.1. The molecule has 2 aliphatic heterocycles. The Labute approximate surface area is 96.5 Å². The zero-order valence-corrected chi connectivity index (χ0v) is 9.73. The van der Waals surface area contributed by atoms with Crippen molar-refractivity contribution in [1.29, 1.82) is 0 Å².